The molecular formula is C13H12ClN5O5. The lowest BCUT2D eigenvalue weighted by atomic mass is 10.2. The maximum Gasteiger partial charge on any atom is 0.312 e. The molecule has 24 heavy (non-hydrogen) atoms. The van der Waals surface area contributed by atoms with Gasteiger partial charge in [0.25, 0.3) is 5.69 Å². The summed E-state index contributed by atoms with van der Waals surface area (Å²) in [4.78, 5) is 32.8. The average Bonchev–Trinajstić information content (AvgIpc) is 2.72. The van der Waals surface area contributed by atoms with Crippen molar-refractivity contribution in [3.63, 3.8) is 0 Å². The van der Waals surface area contributed by atoms with Gasteiger partial charge in [0.1, 0.15) is 23.6 Å². The summed E-state index contributed by atoms with van der Waals surface area (Å²) in [5.41, 5.74) is -0.149. The fourth-order valence-electron chi connectivity index (χ4n) is 2.20. The van der Waals surface area contributed by atoms with Crippen LogP contribution in [0.25, 0.3) is 0 Å². The minimum Gasteiger partial charge on any atom is -0.319 e. The Labute approximate surface area is 140 Å². The molecule has 11 heteroatoms. The van der Waals surface area contributed by atoms with Crippen molar-refractivity contribution in [2.24, 2.45) is 0 Å². The van der Waals surface area contributed by atoms with Crippen molar-refractivity contribution < 1.29 is 14.6 Å². The predicted octanol–water partition coefficient (Wildman–Crippen LogP) is 2.61. The highest BCUT2D eigenvalue weighted by molar-refractivity contribution is 6.31. The quantitative estimate of drug-likeness (QED) is 0.648. The zero-order valence-electron chi connectivity index (χ0n) is 12.6. The first-order valence-electron chi connectivity index (χ1n) is 6.63. The minimum atomic E-state index is -0.653. The molecule has 0 atom stereocenters. The fourth-order valence-corrected chi connectivity index (χ4v) is 2.37. The van der Waals surface area contributed by atoms with Crippen LogP contribution >= 0.6 is 11.6 Å². The third kappa shape index (κ3) is 3.49. The van der Waals surface area contributed by atoms with Crippen LogP contribution in [0.15, 0.2) is 18.2 Å². The molecule has 0 bridgehead atoms. The van der Waals surface area contributed by atoms with Crippen LogP contribution in [0.2, 0.25) is 5.02 Å². The molecule has 2 aromatic rings. The fraction of sp³-hybridized carbons (Fsp3) is 0.231. The van der Waals surface area contributed by atoms with Crippen LogP contribution in [-0.4, -0.2) is 25.5 Å². The van der Waals surface area contributed by atoms with E-state index in [1.54, 1.807) is 0 Å². The Hall–Kier alpha value is -3.01. The zero-order chi connectivity index (χ0) is 18.0. The molecule has 1 amide bonds. The molecule has 0 spiro atoms. The molecule has 1 aromatic heterocycles. The van der Waals surface area contributed by atoms with Crippen molar-refractivity contribution in [3.8, 4) is 0 Å². The molecule has 1 N–H and O–H groups in total. The molecular weight excluding hydrogens is 342 g/mol. The second-order valence-electron chi connectivity index (χ2n) is 4.90. The lowest BCUT2D eigenvalue weighted by molar-refractivity contribution is -0.386. The number of amides is 1. The number of nitrogens with one attached hydrogen (secondary N) is 1. The van der Waals surface area contributed by atoms with Gasteiger partial charge in [-0.2, -0.15) is 5.10 Å². The molecule has 1 aromatic carbocycles. The summed E-state index contributed by atoms with van der Waals surface area (Å²) < 4.78 is 1.17. The van der Waals surface area contributed by atoms with E-state index in [0.717, 1.165) is 0 Å². The first kappa shape index (κ1) is 17.3. The standard InChI is InChI=1S/C13H12ClN5O5/c1-7-13(19(23)24)8(2)17(16-7)6-12(20)15-10-5-9(14)3-4-11(10)18(21)22/h3-5H,6H2,1-2H3,(H,15,20). The number of rotatable bonds is 5. The lowest BCUT2D eigenvalue weighted by Gasteiger charge is -2.07. The lowest BCUT2D eigenvalue weighted by Crippen LogP contribution is -2.21. The van der Waals surface area contributed by atoms with Crippen molar-refractivity contribution in [2.45, 2.75) is 20.4 Å². The zero-order valence-corrected chi connectivity index (χ0v) is 13.4. The Morgan fingerprint density at radius 3 is 2.50 bits per heavy atom. The summed E-state index contributed by atoms with van der Waals surface area (Å²) in [5, 5.41) is 28.5. The summed E-state index contributed by atoms with van der Waals surface area (Å²) in [6.07, 6.45) is 0. The SMILES string of the molecule is Cc1nn(CC(=O)Nc2cc(Cl)ccc2[N+](=O)[O-])c(C)c1[N+](=O)[O-]. The molecule has 0 fully saturated rings. The van der Waals surface area contributed by atoms with Gasteiger partial charge < -0.3 is 5.32 Å². The van der Waals surface area contributed by atoms with Gasteiger partial charge in [-0.3, -0.25) is 29.7 Å². The summed E-state index contributed by atoms with van der Waals surface area (Å²) in [6.45, 7) is 2.60. The molecule has 1 heterocycles. The summed E-state index contributed by atoms with van der Waals surface area (Å²) >= 11 is 5.78. The van der Waals surface area contributed by atoms with E-state index < -0.39 is 15.8 Å². The molecule has 0 aliphatic rings. The smallest absolute Gasteiger partial charge is 0.312 e. The second kappa shape index (κ2) is 6.62. The number of hydrogen-bond acceptors (Lipinski definition) is 6. The van der Waals surface area contributed by atoms with Crippen LogP contribution in [-0.2, 0) is 11.3 Å². The van der Waals surface area contributed by atoms with Gasteiger partial charge in [-0.05, 0) is 26.0 Å². The van der Waals surface area contributed by atoms with E-state index in [2.05, 4.69) is 10.4 Å². The molecule has 0 saturated heterocycles. The Bertz CT molecular complexity index is 848. The van der Waals surface area contributed by atoms with Crippen molar-refractivity contribution in [3.05, 3.63) is 54.8 Å². The van der Waals surface area contributed by atoms with Crippen LogP contribution in [0.3, 0.4) is 0 Å². The van der Waals surface area contributed by atoms with Crippen LogP contribution in [0.4, 0.5) is 17.1 Å². The van der Waals surface area contributed by atoms with Gasteiger partial charge in [0, 0.05) is 11.1 Å². The number of benzene rings is 1. The number of nitrogens with zero attached hydrogens (tertiary/aromatic N) is 4. The van der Waals surface area contributed by atoms with Crippen LogP contribution in [0.1, 0.15) is 11.4 Å². The Morgan fingerprint density at radius 1 is 1.29 bits per heavy atom. The number of aromatic nitrogens is 2. The van der Waals surface area contributed by atoms with E-state index in [1.165, 1.54) is 36.7 Å². The van der Waals surface area contributed by atoms with E-state index in [4.69, 9.17) is 11.6 Å². The van der Waals surface area contributed by atoms with Gasteiger partial charge in [-0.15, -0.1) is 0 Å². The van der Waals surface area contributed by atoms with Crippen LogP contribution in [0.5, 0.6) is 0 Å². The average molecular weight is 354 g/mol. The molecule has 0 unspecified atom stereocenters. The molecule has 0 aliphatic carbocycles. The van der Waals surface area contributed by atoms with Crippen molar-refractivity contribution in [1.82, 2.24) is 9.78 Å². The summed E-state index contributed by atoms with van der Waals surface area (Å²) in [5.74, 6) is -0.624. The van der Waals surface area contributed by atoms with Gasteiger partial charge >= 0.3 is 5.69 Å². The third-order valence-electron chi connectivity index (χ3n) is 3.25. The molecule has 10 nitrogen and oxygen atoms in total. The Kier molecular flexibility index (Phi) is 4.79. The molecule has 0 saturated carbocycles. The number of halogens is 1. The Balaban J connectivity index is 2.24. The summed E-state index contributed by atoms with van der Waals surface area (Å²) in [7, 11) is 0. The Morgan fingerprint density at radius 2 is 1.96 bits per heavy atom. The van der Waals surface area contributed by atoms with E-state index in [-0.39, 0.29) is 40.0 Å². The maximum atomic E-state index is 12.1. The van der Waals surface area contributed by atoms with E-state index in [1.807, 2.05) is 0 Å². The van der Waals surface area contributed by atoms with Crippen molar-refractivity contribution in [2.75, 3.05) is 5.32 Å². The number of nitro benzene ring substituents is 1. The third-order valence-corrected chi connectivity index (χ3v) is 3.48. The molecule has 0 aliphatic heterocycles. The minimum absolute atomic E-state index is 0.0615. The van der Waals surface area contributed by atoms with Gasteiger partial charge in [-0.25, -0.2) is 0 Å². The van der Waals surface area contributed by atoms with E-state index in [0.29, 0.717) is 0 Å². The maximum absolute atomic E-state index is 12.1. The number of nitro groups is 2. The molecule has 126 valence electrons. The van der Waals surface area contributed by atoms with Crippen molar-refractivity contribution in [1.29, 1.82) is 0 Å². The van der Waals surface area contributed by atoms with E-state index in [9.17, 15) is 25.0 Å². The largest absolute Gasteiger partial charge is 0.319 e. The number of carbonyl (C=O) groups excluding carboxylic acids is 1. The monoisotopic (exact) mass is 353 g/mol. The van der Waals surface area contributed by atoms with Gasteiger partial charge in [0.2, 0.25) is 5.91 Å². The van der Waals surface area contributed by atoms with Crippen molar-refractivity contribution >= 4 is 34.6 Å². The molecule has 0 radical (unpaired) electrons. The first-order valence-corrected chi connectivity index (χ1v) is 7.00. The number of carbonyl (C=O) groups is 1. The molecule has 2 rings (SSSR count). The van der Waals surface area contributed by atoms with Crippen LogP contribution in [0, 0.1) is 34.1 Å². The number of aryl methyl sites for hydroxylation is 1. The first-order chi connectivity index (χ1) is 11.2. The van der Waals surface area contributed by atoms with Gasteiger partial charge in [0.15, 0.2) is 0 Å². The highest BCUT2D eigenvalue weighted by Gasteiger charge is 2.23. The van der Waals surface area contributed by atoms with Gasteiger partial charge in [0.05, 0.1) is 9.85 Å². The highest BCUT2D eigenvalue weighted by Crippen LogP contribution is 2.28. The second-order valence-corrected chi connectivity index (χ2v) is 5.34. The topological polar surface area (TPSA) is 133 Å². The van der Waals surface area contributed by atoms with Crippen LogP contribution < -0.4 is 5.32 Å². The highest BCUT2D eigenvalue weighted by atomic mass is 35.5. The summed E-state index contributed by atoms with van der Waals surface area (Å²) in [6, 6.07) is 3.76. The number of anilines is 1. The number of hydrogen-bond donors (Lipinski definition) is 1. The van der Waals surface area contributed by atoms with Gasteiger partial charge in [-0.1, -0.05) is 11.6 Å². The predicted molar refractivity (Wildman–Crippen MR) is 85.1 cm³/mol. The van der Waals surface area contributed by atoms with E-state index >= 15 is 0 Å². The normalized spacial score (nSPS) is 10.5.